The lowest BCUT2D eigenvalue weighted by molar-refractivity contribution is 0.621. The Morgan fingerprint density at radius 2 is 1.04 bits per heavy atom. The molecule has 10 aromatic rings. The van der Waals surface area contributed by atoms with E-state index in [1.807, 2.05) is 17.4 Å². The van der Waals surface area contributed by atoms with Crippen molar-refractivity contribution in [2.45, 2.75) is 0 Å². The fraction of sp³-hybridized carbons (Fsp3) is 0. The van der Waals surface area contributed by atoms with Gasteiger partial charge in [-0.15, -0.1) is 11.3 Å². The lowest BCUT2D eigenvalue weighted by atomic mass is 10.0. The first-order chi connectivity index (χ1) is 25.3. The second kappa shape index (κ2) is 12.1. The highest BCUT2D eigenvalue weighted by molar-refractivity contribution is 7.25. The van der Waals surface area contributed by atoms with E-state index in [2.05, 4.69) is 181 Å². The molecule has 240 valence electrons. The standard InChI is InChI=1S/C47H30N2OS/c1-2-10-31(11-3-1)32-20-24-35(25-21-32)49(37-28-29-45-42(30-37)40-15-6-7-19-44(40)51-45)36-26-22-34(23-27-36)39-16-9-18-43-46(39)50-47(48-43)41-17-8-13-33-12-4-5-14-38(33)41/h1-30H. The number of nitrogens with zero attached hydrogens (tertiary/aromatic N) is 2. The van der Waals surface area contributed by atoms with Crippen molar-refractivity contribution in [1.29, 1.82) is 0 Å². The Kier molecular flexibility index (Phi) is 7.00. The Hall–Kier alpha value is -6.49. The molecular weight excluding hydrogens is 641 g/mol. The highest BCUT2D eigenvalue weighted by Crippen LogP contribution is 2.42. The Morgan fingerprint density at radius 1 is 0.431 bits per heavy atom. The molecule has 51 heavy (non-hydrogen) atoms. The molecule has 10 rings (SSSR count). The van der Waals surface area contributed by atoms with Crippen molar-refractivity contribution >= 4 is 70.4 Å². The Bertz CT molecular complexity index is 2850. The summed E-state index contributed by atoms with van der Waals surface area (Å²) in [6.45, 7) is 0. The number of hydrogen-bond acceptors (Lipinski definition) is 4. The van der Waals surface area contributed by atoms with Crippen LogP contribution in [0.5, 0.6) is 0 Å². The maximum Gasteiger partial charge on any atom is 0.227 e. The zero-order chi connectivity index (χ0) is 33.7. The summed E-state index contributed by atoms with van der Waals surface area (Å²) >= 11 is 1.84. The van der Waals surface area contributed by atoms with Crippen LogP contribution in [-0.4, -0.2) is 4.98 Å². The molecule has 0 radical (unpaired) electrons. The number of fused-ring (bicyclic) bond motifs is 5. The third-order valence-electron chi connectivity index (χ3n) is 9.72. The van der Waals surface area contributed by atoms with Gasteiger partial charge >= 0.3 is 0 Å². The quantitative estimate of drug-likeness (QED) is 0.176. The van der Waals surface area contributed by atoms with E-state index in [9.17, 15) is 0 Å². The van der Waals surface area contributed by atoms with Crippen LogP contribution in [-0.2, 0) is 0 Å². The van der Waals surface area contributed by atoms with Crippen molar-refractivity contribution in [1.82, 2.24) is 4.98 Å². The van der Waals surface area contributed by atoms with Gasteiger partial charge in [0.2, 0.25) is 5.89 Å². The second-order valence-corrected chi connectivity index (χ2v) is 13.9. The minimum Gasteiger partial charge on any atom is -0.435 e. The van der Waals surface area contributed by atoms with Crippen LogP contribution < -0.4 is 4.90 Å². The van der Waals surface area contributed by atoms with Gasteiger partial charge in [-0.3, -0.25) is 0 Å². The van der Waals surface area contributed by atoms with Crippen LogP contribution in [0.2, 0.25) is 0 Å². The molecule has 0 fully saturated rings. The van der Waals surface area contributed by atoms with Gasteiger partial charge in [0.25, 0.3) is 0 Å². The van der Waals surface area contributed by atoms with E-state index < -0.39 is 0 Å². The van der Waals surface area contributed by atoms with E-state index in [-0.39, 0.29) is 0 Å². The molecule has 0 aliphatic rings. The molecule has 0 aliphatic carbocycles. The molecular formula is C47H30N2OS. The van der Waals surface area contributed by atoms with Crippen molar-refractivity contribution in [3.63, 3.8) is 0 Å². The molecule has 0 N–H and O–H groups in total. The summed E-state index contributed by atoms with van der Waals surface area (Å²) < 4.78 is 9.15. The van der Waals surface area contributed by atoms with Crippen LogP contribution >= 0.6 is 11.3 Å². The van der Waals surface area contributed by atoms with Crippen molar-refractivity contribution in [3.8, 4) is 33.7 Å². The molecule has 0 saturated carbocycles. The van der Waals surface area contributed by atoms with Gasteiger partial charge in [0.05, 0.1) is 0 Å². The third-order valence-corrected chi connectivity index (χ3v) is 10.9. The molecule has 0 spiro atoms. The van der Waals surface area contributed by atoms with Crippen LogP contribution in [0.1, 0.15) is 0 Å². The van der Waals surface area contributed by atoms with Crippen molar-refractivity contribution in [2.24, 2.45) is 0 Å². The molecule has 8 aromatic carbocycles. The van der Waals surface area contributed by atoms with E-state index in [1.165, 1.54) is 36.7 Å². The highest BCUT2D eigenvalue weighted by atomic mass is 32.1. The van der Waals surface area contributed by atoms with Gasteiger partial charge in [-0.25, -0.2) is 4.98 Å². The average Bonchev–Trinajstić information content (AvgIpc) is 3.81. The molecule has 4 heteroatoms. The number of benzene rings is 8. The first-order valence-electron chi connectivity index (χ1n) is 17.1. The number of hydrogen-bond donors (Lipinski definition) is 0. The Labute approximate surface area is 299 Å². The normalized spacial score (nSPS) is 11.5. The van der Waals surface area contributed by atoms with Crippen molar-refractivity contribution < 1.29 is 4.42 Å². The minimum atomic E-state index is 0.632. The summed E-state index contributed by atoms with van der Waals surface area (Å²) in [6.07, 6.45) is 0. The number of thiophene rings is 1. The van der Waals surface area contributed by atoms with Crippen LogP contribution in [0, 0.1) is 0 Å². The maximum atomic E-state index is 6.56. The molecule has 0 unspecified atom stereocenters. The van der Waals surface area contributed by atoms with Gasteiger partial charge in [-0.05, 0) is 88.1 Å². The highest BCUT2D eigenvalue weighted by Gasteiger charge is 2.18. The number of rotatable bonds is 6. The number of para-hydroxylation sites is 1. The molecule has 0 amide bonds. The molecule has 3 nitrogen and oxygen atoms in total. The predicted molar refractivity (Wildman–Crippen MR) is 215 cm³/mol. The predicted octanol–water partition coefficient (Wildman–Crippen LogP) is 13.8. The van der Waals surface area contributed by atoms with E-state index in [0.717, 1.165) is 50.2 Å². The summed E-state index contributed by atoms with van der Waals surface area (Å²) in [5.74, 6) is 0.632. The summed E-state index contributed by atoms with van der Waals surface area (Å²) in [4.78, 5) is 7.29. The average molecular weight is 671 g/mol. The molecule has 2 aromatic heterocycles. The van der Waals surface area contributed by atoms with Gasteiger partial charge in [0.1, 0.15) is 5.52 Å². The van der Waals surface area contributed by atoms with E-state index in [1.54, 1.807) is 0 Å². The van der Waals surface area contributed by atoms with E-state index in [4.69, 9.17) is 9.40 Å². The Morgan fingerprint density at radius 3 is 1.86 bits per heavy atom. The minimum absolute atomic E-state index is 0.632. The van der Waals surface area contributed by atoms with Gasteiger partial charge in [-0.1, -0.05) is 121 Å². The van der Waals surface area contributed by atoms with E-state index >= 15 is 0 Å². The first kappa shape index (κ1) is 29.4. The zero-order valence-corrected chi connectivity index (χ0v) is 28.3. The van der Waals surface area contributed by atoms with Crippen LogP contribution in [0.4, 0.5) is 17.1 Å². The molecule has 0 atom stereocenters. The summed E-state index contributed by atoms with van der Waals surface area (Å²) in [7, 11) is 0. The van der Waals surface area contributed by atoms with Crippen molar-refractivity contribution in [2.75, 3.05) is 4.90 Å². The second-order valence-electron chi connectivity index (χ2n) is 12.8. The summed E-state index contributed by atoms with van der Waals surface area (Å²) in [6, 6.07) is 64.5. The SMILES string of the molecule is c1ccc(-c2ccc(N(c3ccc(-c4cccc5nc(-c6cccc7ccccc67)oc45)cc3)c3ccc4sc5ccccc5c4c3)cc2)cc1. The lowest BCUT2D eigenvalue weighted by Gasteiger charge is -2.26. The largest absolute Gasteiger partial charge is 0.435 e. The first-order valence-corrected chi connectivity index (χ1v) is 17.9. The van der Waals surface area contributed by atoms with Crippen LogP contribution in [0.15, 0.2) is 186 Å². The van der Waals surface area contributed by atoms with Crippen LogP contribution in [0.25, 0.3) is 75.8 Å². The molecule has 0 aliphatic heterocycles. The molecule has 0 saturated heterocycles. The monoisotopic (exact) mass is 670 g/mol. The van der Waals surface area contributed by atoms with E-state index in [0.29, 0.717) is 5.89 Å². The van der Waals surface area contributed by atoms with Crippen molar-refractivity contribution in [3.05, 3.63) is 182 Å². The van der Waals surface area contributed by atoms with Gasteiger partial charge in [0, 0.05) is 48.4 Å². The lowest BCUT2D eigenvalue weighted by Crippen LogP contribution is -2.09. The van der Waals surface area contributed by atoms with Crippen LogP contribution in [0.3, 0.4) is 0 Å². The topological polar surface area (TPSA) is 29.3 Å². The number of aromatic nitrogens is 1. The number of anilines is 3. The summed E-state index contributed by atoms with van der Waals surface area (Å²) in [5, 5.41) is 4.85. The fourth-order valence-electron chi connectivity index (χ4n) is 7.23. The van der Waals surface area contributed by atoms with Gasteiger partial charge in [0.15, 0.2) is 5.58 Å². The molecule has 0 bridgehead atoms. The zero-order valence-electron chi connectivity index (χ0n) is 27.5. The maximum absolute atomic E-state index is 6.56. The fourth-order valence-corrected chi connectivity index (χ4v) is 8.31. The Balaban J connectivity index is 1.07. The smallest absolute Gasteiger partial charge is 0.227 e. The third kappa shape index (κ3) is 5.16. The van der Waals surface area contributed by atoms with Gasteiger partial charge < -0.3 is 9.32 Å². The molecule has 2 heterocycles. The van der Waals surface area contributed by atoms with Gasteiger partial charge in [-0.2, -0.15) is 0 Å². The number of oxazole rings is 1. The summed E-state index contributed by atoms with van der Waals surface area (Å²) in [5.41, 5.74) is 10.4.